The molecule has 3 aromatic heterocycles. The quantitative estimate of drug-likeness (QED) is 0.621. The maximum absolute atomic E-state index is 14.1. The number of halogens is 6. The van der Waals surface area contributed by atoms with Crippen LogP contribution < -0.4 is 4.74 Å². The van der Waals surface area contributed by atoms with Gasteiger partial charge in [-0.3, -0.25) is 0 Å². The van der Waals surface area contributed by atoms with Crippen LogP contribution >= 0.6 is 0 Å². The van der Waals surface area contributed by atoms with Gasteiger partial charge in [-0.25, -0.2) is 13.9 Å². The van der Waals surface area contributed by atoms with Gasteiger partial charge in [0.2, 0.25) is 0 Å². The van der Waals surface area contributed by atoms with E-state index < -0.39 is 35.6 Å². The van der Waals surface area contributed by atoms with Gasteiger partial charge in [0.05, 0.1) is 5.52 Å². The summed E-state index contributed by atoms with van der Waals surface area (Å²) >= 11 is 0. The Morgan fingerprint density at radius 3 is 2.41 bits per heavy atom. The Morgan fingerprint density at radius 2 is 1.81 bits per heavy atom. The van der Waals surface area contributed by atoms with E-state index in [4.69, 9.17) is 0 Å². The Kier molecular flexibility index (Phi) is 4.48. The van der Waals surface area contributed by atoms with Gasteiger partial charge in [-0.2, -0.15) is 22.0 Å². The molecule has 0 N–H and O–H groups in total. The topological polar surface area (TPSA) is 52.3 Å². The first-order valence-corrected chi connectivity index (χ1v) is 7.59. The zero-order valence-electron chi connectivity index (χ0n) is 13.9. The molecule has 0 aromatic carbocycles. The van der Waals surface area contributed by atoms with Gasteiger partial charge in [-0.1, -0.05) is 5.21 Å². The van der Waals surface area contributed by atoms with E-state index in [1.165, 1.54) is 18.3 Å². The van der Waals surface area contributed by atoms with Gasteiger partial charge < -0.3 is 4.74 Å². The summed E-state index contributed by atoms with van der Waals surface area (Å²) in [6.45, 7) is 1.39. The summed E-state index contributed by atoms with van der Waals surface area (Å²) in [5.74, 6) is -5.16. The molecule has 0 bridgehead atoms. The molecule has 0 saturated heterocycles. The fraction of sp³-hybridized carbons (Fsp3) is 0.312. The van der Waals surface area contributed by atoms with Gasteiger partial charge in [0.15, 0.2) is 17.6 Å². The van der Waals surface area contributed by atoms with Gasteiger partial charge in [-0.15, -0.1) is 5.10 Å². The fourth-order valence-corrected chi connectivity index (χ4v) is 2.29. The highest BCUT2D eigenvalue weighted by atomic mass is 19.4. The summed E-state index contributed by atoms with van der Waals surface area (Å²) in [4.78, 5) is 3.56. The van der Waals surface area contributed by atoms with E-state index in [2.05, 4.69) is 20.0 Å². The maximum atomic E-state index is 14.1. The number of alkyl halides is 5. The number of aromatic nitrogens is 4. The molecule has 3 rings (SSSR count). The van der Waals surface area contributed by atoms with E-state index in [0.29, 0.717) is 12.5 Å². The molecule has 27 heavy (non-hydrogen) atoms. The lowest BCUT2D eigenvalue weighted by atomic mass is 10.1. The number of hydrogen-bond donors (Lipinski definition) is 0. The van der Waals surface area contributed by atoms with E-state index in [1.54, 1.807) is 0 Å². The molecule has 0 fully saturated rings. The van der Waals surface area contributed by atoms with Crippen LogP contribution in [0.3, 0.4) is 0 Å². The minimum absolute atomic E-state index is 0.00595. The summed E-state index contributed by atoms with van der Waals surface area (Å²) in [7, 11) is 0. The van der Waals surface area contributed by atoms with Gasteiger partial charge in [0.25, 0.3) is 11.8 Å². The van der Waals surface area contributed by atoms with Crippen LogP contribution in [0.1, 0.15) is 19.5 Å². The van der Waals surface area contributed by atoms with Gasteiger partial charge in [-0.05, 0) is 30.7 Å². The molecule has 3 heterocycles. The molecule has 0 aliphatic rings. The van der Waals surface area contributed by atoms with Crippen molar-refractivity contribution in [3.8, 4) is 17.0 Å². The smallest absolute Gasteiger partial charge is 0.425 e. The van der Waals surface area contributed by atoms with Crippen molar-refractivity contribution in [1.29, 1.82) is 0 Å². The number of fused-ring (bicyclic) bond motifs is 1. The Bertz CT molecular complexity index is 979. The lowest BCUT2D eigenvalue weighted by molar-refractivity contribution is -0.190. The average Bonchev–Trinajstić information content (AvgIpc) is 2.99. The van der Waals surface area contributed by atoms with Crippen LogP contribution in [0.2, 0.25) is 0 Å². The zero-order valence-corrected chi connectivity index (χ0v) is 13.9. The van der Waals surface area contributed by atoms with Gasteiger partial charge in [0.1, 0.15) is 0 Å². The third-order valence-corrected chi connectivity index (χ3v) is 3.72. The third kappa shape index (κ3) is 3.81. The first-order chi connectivity index (χ1) is 12.5. The first kappa shape index (κ1) is 18.9. The van der Waals surface area contributed by atoms with Crippen molar-refractivity contribution in [1.82, 2.24) is 19.8 Å². The second-order valence-electron chi connectivity index (χ2n) is 5.88. The molecular weight excluding hydrogens is 378 g/mol. The Labute approximate surface area is 148 Å². The zero-order chi connectivity index (χ0) is 20.0. The van der Waals surface area contributed by atoms with Crippen LogP contribution in [0.4, 0.5) is 26.3 Å². The molecule has 0 unspecified atom stereocenters. The molecule has 0 spiro atoms. The molecular formula is C16H12F6N4O. The highest BCUT2D eigenvalue weighted by molar-refractivity contribution is 5.69. The molecule has 0 aliphatic heterocycles. The third-order valence-electron chi connectivity index (χ3n) is 3.72. The average molecular weight is 390 g/mol. The molecule has 144 valence electrons. The van der Waals surface area contributed by atoms with Crippen LogP contribution in [0.5, 0.6) is 5.88 Å². The number of ether oxygens (including phenoxy) is 1. The van der Waals surface area contributed by atoms with Crippen molar-refractivity contribution in [3.63, 3.8) is 0 Å². The molecule has 0 saturated carbocycles. The van der Waals surface area contributed by atoms with Crippen LogP contribution in [-0.4, -0.2) is 32.1 Å². The lowest BCUT2D eigenvalue weighted by Crippen LogP contribution is -2.31. The maximum Gasteiger partial charge on any atom is 0.425 e. The molecule has 1 atom stereocenters. The van der Waals surface area contributed by atoms with Crippen LogP contribution in [0, 0.1) is 5.82 Å². The highest BCUT2D eigenvalue weighted by Gasteiger charge is 2.38. The fourth-order valence-electron chi connectivity index (χ4n) is 2.29. The second-order valence-corrected chi connectivity index (χ2v) is 5.88. The largest absolute Gasteiger partial charge is 0.463 e. The van der Waals surface area contributed by atoms with Crippen molar-refractivity contribution < 1.29 is 31.1 Å². The van der Waals surface area contributed by atoms with Crippen molar-refractivity contribution in [2.45, 2.75) is 32.1 Å². The number of nitrogens with zero attached hydrogens (tertiary/aromatic N) is 4. The van der Waals surface area contributed by atoms with Gasteiger partial charge in [0, 0.05) is 24.9 Å². The SMILES string of the molecule is C[C@H](Oc1ncc(-c2ccn3nnc(C(C)(F)F)c3c2)cc1F)C(F)(F)F. The minimum atomic E-state index is -4.67. The van der Waals surface area contributed by atoms with Gasteiger partial charge >= 0.3 is 6.18 Å². The summed E-state index contributed by atoms with van der Waals surface area (Å²) in [5, 5.41) is 7.01. The normalized spacial score (nSPS) is 13.8. The Hall–Kier alpha value is -2.85. The summed E-state index contributed by atoms with van der Waals surface area (Å²) < 4.78 is 84.4. The van der Waals surface area contributed by atoms with E-state index in [9.17, 15) is 26.3 Å². The van der Waals surface area contributed by atoms with E-state index in [-0.39, 0.29) is 11.1 Å². The molecule has 0 amide bonds. The van der Waals surface area contributed by atoms with Crippen LogP contribution in [0.15, 0.2) is 30.6 Å². The van der Waals surface area contributed by atoms with Crippen LogP contribution in [-0.2, 0) is 5.92 Å². The van der Waals surface area contributed by atoms with E-state index in [0.717, 1.165) is 23.7 Å². The van der Waals surface area contributed by atoms with E-state index >= 15 is 0 Å². The summed E-state index contributed by atoms with van der Waals surface area (Å²) in [6.07, 6.45) is -4.48. The van der Waals surface area contributed by atoms with Crippen molar-refractivity contribution >= 4 is 5.52 Å². The van der Waals surface area contributed by atoms with E-state index in [1.807, 2.05) is 0 Å². The molecule has 0 aliphatic carbocycles. The summed E-state index contributed by atoms with van der Waals surface area (Å²) in [6, 6.07) is 3.67. The molecule has 11 heteroatoms. The molecule has 3 aromatic rings. The van der Waals surface area contributed by atoms with Crippen molar-refractivity contribution in [2.24, 2.45) is 0 Å². The number of hydrogen-bond acceptors (Lipinski definition) is 4. The minimum Gasteiger partial charge on any atom is -0.463 e. The second kappa shape index (κ2) is 6.39. The van der Waals surface area contributed by atoms with Crippen molar-refractivity contribution in [3.05, 3.63) is 42.1 Å². The Balaban J connectivity index is 1.96. The standard InChI is InChI=1S/C16H12F6N4O/c1-8(16(20,21)22)27-14-11(17)5-10(7-23-14)9-3-4-26-12(6-9)13(24-25-26)15(2,18)19/h3-8H,1-2H3/t8-/m0/s1. The Morgan fingerprint density at radius 1 is 1.11 bits per heavy atom. The molecule has 0 radical (unpaired) electrons. The number of pyridine rings is 2. The highest BCUT2D eigenvalue weighted by Crippen LogP contribution is 2.32. The summed E-state index contributed by atoms with van der Waals surface area (Å²) in [5.41, 5.74) is -0.0890. The van der Waals surface area contributed by atoms with Crippen molar-refractivity contribution in [2.75, 3.05) is 0 Å². The predicted octanol–water partition coefficient (Wildman–Crippen LogP) is 4.37. The predicted molar refractivity (Wildman–Crippen MR) is 81.9 cm³/mol. The number of rotatable bonds is 4. The lowest BCUT2D eigenvalue weighted by Gasteiger charge is -2.17. The van der Waals surface area contributed by atoms with Crippen LogP contribution in [0.25, 0.3) is 16.6 Å². The molecule has 5 nitrogen and oxygen atoms in total. The first-order valence-electron chi connectivity index (χ1n) is 7.59. The monoisotopic (exact) mass is 390 g/mol.